The summed E-state index contributed by atoms with van der Waals surface area (Å²) in [5.41, 5.74) is 5.40. The topological polar surface area (TPSA) is 87.0 Å². The van der Waals surface area contributed by atoms with Gasteiger partial charge in [-0.2, -0.15) is 5.10 Å². The van der Waals surface area contributed by atoms with E-state index in [9.17, 15) is 14.4 Å². The van der Waals surface area contributed by atoms with E-state index in [2.05, 4.69) is 39.6 Å². The molecule has 2 fully saturated rings. The molecule has 8 nitrogen and oxygen atoms in total. The van der Waals surface area contributed by atoms with Gasteiger partial charge in [0.15, 0.2) is 0 Å². The van der Waals surface area contributed by atoms with E-state index in [1.165, 1.54) is 11.1 Å². The summed E-state index contributed by atoms with van der Waals surface area (Å²) >= 11 is 0. The number of nitrogens with one attached hydrogen (secondary N) is 1. The zero-order chi connectivity index (χ0) is 23.2. The van der Waals surface area contributed by atoms with E-state index in [0.29, 0.717) is 24.4 Å². The van der Waals surface area contributed by atoms with Gasteiger partial charge >= 0.3 is 0 Å². The molecule has 3 aromatic rings. The van der Waals surface area contributed by atoms with Crippen molar-refractivity contribution in [1.29, 1.82) is 0 Å². The lowest BCUT2D eigenvalue weighted by molar-refractivity contribution is -0.136. The third kappa shape index (κ3) is 3.68. The van der Waals surface area contributed by atoms with E-state index in [1.54, 1.807) is 4.90 Å². The molecule has 0 saturated carbocycles. The van der Waals surface area contributed by atoms with Crippen LogP contribution >= 0.6 is 0 Å². The summed E-state index contributed by atoms with van der Waals surface area (Å²) in [6.07, 6.45) is 6.63. The fourth-order valence-electron chi connectivity index (χ4n) is 5.66. The molecule has 174 valence electrons. The molecule has 8 heteroatoms. The van der Waals surface area contributed by atoms with Crippen LogP contribution in [0, 0.1) is 0 Å². The van der Waals surface area contributed by atoms with Crippen molar-refractivity contribution in [3.63, 3.8) is 0 Å². The Morgan fingerprint density at radius 3 is 2.71 bits per heavy atom. The second-order valence-corrected chi connectivity index (χ2v) is 9.56. The van der Waals surface area contributed by atoms with Crippen LogP contribution in [0.5, 0.6) is 0 Å². The largest absolute Gasteiger partial charge is 0.322 e. The van der Waals surface area contributed by atoms with Crippen molar-refractivity contribution in [3.05, 3.63) is 71.0 Å². The third-order valence-electron chi connectivity index (χ3n) is 7.52. The molecule has 1 atom stereocenters. The van der Waals surface area contributed by atoms with Gasteiger partial charge in [0.05, 0.1) is 5.52 Å². The smallest absolute Gasteiger partial charge is 0.255 e. The van der Waals surface area contributed by atoms with E-state index in [-0.39, 0.29) is 24.1 Å². The number of hydrogen-bond donors (Lipinski definition) is 1. The number of carbonyl (C=O) groups is 3. The zero-order valence-corrected chi connectivity index (χ0v) is 18.9. The first-order valence-electron chi connectivity index (χ1n) is 12.0. The molecule has 3 amide bonds. The van der Waals surface area contributed by atoms with Gasteiger partial charge in [-0.1, -0.05) is 18.2 Å². The van der Waals surface area contributed by atoms with Crippen LogP contribution in [-0.2, 0) is 22.7 Å². The molecule has 2 aromatic heterocycles. The molecule has 1 N–H and O–H groups in total. The van der Waals surface area contributed by atoms with Crippen LogP contribution in [0.2, 0.25) is 0 Å². The number of benzene rings is 1. The monoisotopic (exact) mass is 457 g/mol. The van der Waals surface area contributed by atoms with Crippen LogP contribution < -0.4 is 5.32 Å². The van der Waals surface area contributed by atoms with Gasteiger partial charge in [0.25, 0.3) is 5.91 Å². The van der Waals surface area contributed by atoms with Gasteiger partial charge in [-0.25, -0.2) is 4.52 Å². The molecule has 6 rings (SSSR count). The molecular weight excluding hydrogens is 430 g/mol. The normalized spacial score (nSPS) is 21.8. The predicted octanol–water partition coefficient (Wildman–Crippen LogP) is 2.47. The summed E-state index contributed by atoms with van der Waals surface area (Å²) in [6.45, 7) is 3.40. The first-order valence-corrected chi connectivity index (χ1v) is 12.0. The van der Waals surface area contributed by atoms with Gasteiger partial charge in [-0.3, -0.25) is 24.6 Å². The SMILES string of the molecule is O=C1CCC(N2Cc3cc(C4CCN(Cc5cccn6nccc56)CC4)ccc3C2=O)C(=O)N1. The summed E-state index contributed by atoms with van der Waals surface area (Å²) < 4.78 is 1.92. The highest BCUT2D eigenvalue weighted by molar-refractivity contribution is 6.05. The van der Waals surface area contributed by atoms with Crippen LogP contribution in [0.15, 0.2) is 48.8 Å². The Balaban J connectivity index is 1.11. The highest BCUT2D eigenvalue weighted by Gasteiger charge is 2.39. The molecule has 34 heavy (non-hydrogen) atoms. The molecule has 0 radical (unpaired) electrons. The fraction of sp³-hybridized carbons (Fsp3) is 0.385. The molecule has 1 unspecified atom stereocenters. The second-order valence-electron chi connectivity index (χ2n) is 9.56. The average Bonchev–Trinajstić information content (AvgIpc) is 3.45. The Bertz CT molecular complexity index is 1290. The number of imide groups is 1. The summed E-state index contributed by atoms with van der Waals surface area (Å²) in [7, 11) is 0. The van der Waals surface area contributed by atoms with Crippen LogP contribution in [0.25, 0.3) is 5.52 Å². The minimum Gasteiger partial charge on any atom is -0.322 e. The Morgan fingerprint density at radius 2 is 1.88 bits per heavy atom. The number of carbonyl (C=O) groups excluding carboxylic acids is 3. The van der Waals surface area contributed by atoms with Crippen molar-refractivity contribution < 1.29 is 14.4 Å². The number of fused-ring (bicyclic) bond motifs is 2. The van der Waals surface area contributed by atoms with Crippen LogP contribution in [-0.4, -0.2) is 56.3 Å². The van der Waals surface area contributed by atoms with Gasteiger partial charge in [0, 0.05) is 37.5 Å². The Morgan fingerprint density at radius 1 is 1.03 bits per heavy atom. The van der Waals surface area contributed by atoms with E-state index in [4.69, 9.17) is 0 Å². The van der Waals surface area contributed by atoms with Gasteiger partial charge in [-0.15, -0.1) is 0 Å². The van der Waals surface area contributed by atoms with Gasteiger partial charge in [0.1, 0.15) is 6.04 Å². The predicted molar refractivity (Wildman–Crippen MR) is 125 cm³/mol. The number of rotatable bonds is 4. The van der Waals surface area contributed by atoms with Crippen molar-refractivity contribution in [3.8, 4) is 0 Å². The highest BCUT2D eigenvalue weighted by atomic mass is 16.2. The standard InChI is InChI=1S/C26H27N5O3/c32-24-6-5-23(25(33)28-24)30-16-20-14-18(3-4-21(20)26(30)34)17-8-12-29(13-9-17)15-19-2-1-11-31-22(19)7-10-27-31/h1-4,7,10-11,14,17,23H,5-6,8-9,12-13,15-16H2,(H,28,32,33). The number of pyridine rings is 1. The molecule has 5 heterocycles. The molecule has 1 aromatic carbocycles. The number of hydrogen-bond acceptors (Lipinski definition) is 5. The van der Waals surface area contributed by atoms with Crippen LogP contribution in [0.4, 0.5) is 0 Å². The zero-order valence-electron chi connectivity index (χ0n) is 18.9. The maximum absolute atomic E-state index is 12.9. The quantitative estimate of drug-likeness (QED) is 0.609. The summed E-state index contributed by atoms with van der Waals surface area (Å²) in [4.78, 5) is 40.8. The first kappa shape index (κ1) is 21.0. The highest BCUT2D eigenvalue weighted by Crippen LogP contribution is 2.34. The lowest BCUT2D eigenvalue weighted by Crippen LogP contribution is -2.52. The molecule has 0 bridgehead atoms. The number of aromatic nitrogens is 2. The lowest BCUT2D eigenvalue weighted by atomic mass is 9.87. The van der Waals surface area contributed by atoms with E-state index >= 15 is 0 Å². The maximum atomic E-state index is 12.9. The van der Waals surface area contributed by atoms with E-state index in [1.807, 2.05) is 29.0 Å². The fourth-order valence-corrected chi connectivity index (χ4v) is 5.66. The molecule has 0 spiro atoms. The van der Waals surface area contributed by atoms with E-state index in [0.717, 1.165) is 43.6 Å². The molecule has 3 aliphatic rings. The molecule has 0 aliphatic carbocycles. The van der Waals surface area contributed by atoms with Crippen molar-refractivity contribution >= 4 is 23.2 Å². The first-order chi connectivity index (χ1) is 16.6. The summed E-state index contributed by atoms with van der Waals surface area (Å²) in [6, 6.07) is 11.9. The number of amides is 3. The Hall–Kier alpha value is -3.52. The number of likely N-dealkylation sites (tertiary alicyclic amines) is 1. The summed E-state index contributed by atoms with van der Waals surface area (Å²) in [5.74, 6) is -0.274. The van der Waals surface area contributed by atoms with Gasteiger partial charge < -0.3 is 4.90 Å². The number of nitrogens with zero attached hydrogens (tertiary/aromatic N) is 4. The molecular formula is C26H27N5O3. The lowest BCUT2D eigenvalue weighted by Gasteiger charge is -2.32. The minimum atomic E-state index is -0.565. The van der Waals surface area contributed by atoms with Crippen LogP contribution in [0.1, 0.15) is 58.6 Å². The van der Waals surface area contributed by atoms with Gasteiger partial charge in [0.2, 0.25) is 11.8 Å². The minimum absolute atomic E-state index is 0.111. The Labute approximate surface area is 197 Å². The Kier molecular flexibility index (Phi) is 5.17. The second kappa shape index (κ2) is 8.36. The third-order valence-corrected chi connectivity index (χ3v) is 7.52. The van der Waals surface area contributed by atoms with Crippen molar-refractivity contribution in [2.24, 2.45) is 0 Å². The van der Waals surface area contributed by atoms with E-state index < -0.39 is 6.04 Å². The maximum Gasteiger partial charge on any atom is 0.255 e. The summed E-state index contributed by atoms with van der Waals surface area (Å²) in [5, 5.41) is 6.70. The molecule has 2 saturated heterocycles. The van der Waals surface area contributed by atoms with Crippen LogP contribution in [0.3, 0.4) is 0 Å². The van der Waals surface area contributed by atoms with Crippen molar-refractivity contribution in [2.45, 2.75) is 50.7 Å². The van der Waals surface area contributed by atoms with Crippen molar-refractivity contribution in [2.75, 3.05) is 13.1 Å². The average molecular weight is 458 g/mol. The molecule has 3 aliphatic heterocycles. The van der Waals surface area contributed by atoms with Crippen molar-refractivity contribution in [1.82, 2.24) is 24.7 Å². The van der Waals surface area contributed by atoms with Gasteiger partial charge in [-0.05, 0) is 73.2 Å². The number of piperidine rings is 2.